The van der Waals surface area contributed by atoms with Gasteiger partial charge in [-0.05, 0) is 34.7 Å². The molecular weight excluding hydrogens is 511 g/mol. The van der Waals surface area contributed by atoms with Gasteiger partial charge in [0.25, 0.3) is 0 Å². The molecular formula is C25H42Cl2N10. The van der Waals surface area contributed by atoms with E-state index in [1.165, 1.54) is 6.07 Å². The van der Waals surface area contributed by atoms with Gasteiger partial charge in [-0.2, -0.15) is 9.97 Å². The highest BCUT2D eigenvalue weighted by Gasteiger charge is 2.21. The summed E-state index contributed by atoms with van der Waals surface area (Å²) in [4.78, 5) is 29.3. The van der Waals surface area contributed by atoms with Crippen molar-refractivity contribution in [3.05, 3.63) is 22.4 Å². The maximum atomic E-state index is 5.75. The fourth-order valence-electron chi connectivity index (χ4n) is 4.34. The Balaban J connectivity index is 0.000000248. The summed E-state index contributed by atoms with van der Waals surface area (Å²) in [6, 6.07) is 3.71. The van der Waals surface area contributed by atoms with Crippen LogP contribution in [-0.2, 0) is 0 Å². The minimum absolute atomic E-state index is 0.377. The molecule has 0 aliphatic carbocycles. The molecule has 1 N–H and O–H groups in total. The first-order chi connectivity index (χ1) is 17.9. The van der Waals surface area contributed by atoms with Crippen LogP contribution < -0.4 is 24.9 Å². The molecule has 0 unspecified atom stereocenters. The number of anilines is 4. The zero-order valence-electron chi connectivity index (χ0n) is 22.9. The van der Waals surface area contributed by atoms with Crippen molar-refractivity contribution >= 4 is 46.7 Å². The number of likely N-dealkylation sites (N-methyl/N-ethyl adjacent to an activating group) is 1. The van der Waals surface area contributed by atoms with Crippen LogP contribution in [0.4, 0.5) is 23.5 Å². The van der Waals surface area contributed by atoms with Crippen LogP contribution in [0.2, 0.25) is 10.3 Å². The minimum atomic E-state index is 0.377. The average molecular weight is 554 g/mol. The first-order valence-corrected chi connectivity index (χ1v) is 14.1. The van der Waals surface area contributed by atoms with Gasteiger partial charge in [0.1, 0.15) is 21.9 Å². The van der Waals surface area contributed by atoms with E-state index < -0.39 is 0 Å². The van der Waals surface area contributed by atoms with Gasteiger partial charge in [0.2, 0.25) is 11.9 Å². The van der Waals surface area contributed by atoms with Gasteiger partial charge in [0, 0.05) is 90.7 Å². The molecule has 0 atom stereocenters. The van der Waals surface area contributed by atoms with Crippen molar-refractivity contribution in [2.45, 2.75) is 27.7 Å². The van der Waals surface area contributed by atoms with E-state index >= 15 is 0 Å². The quantitative estimate of drug-likeness (QED) is 0.493. The second-order valence-corrected chi connectivity index (χ2v) is 9.84. The third-order valence-electron chi connectivity index (χ3n) is 6.70. The Hall–Kier alpha value is -2.14. The molecule has 0 bridgehead atoms. The summed E-state index contributed by atoms with van der Waals surface area (Å²) in [6.07, 6.45) is 0. The maximum Gasteiger partial charge on any atom is 0.229 e. The van der Waals surface area contributed by atoms with Gasteiger partial charge in [0.15, 0.2) is 0 Å². The fraction of sp³-hybridized carbons (Fsp3) is 0.680. The number of halogens is 2. The van der Waals surface area contributed by atoms with Crippen LogP contribution in [0, 0.1) is 0 Å². The molecule has 0 amide bonds. The van der Waals surface area contributed by atoms with E-state index in [9.17, 15) is 0 Å². The van der Waals surface area contributed by atoms with Crippen molar-refractivity contribution < 1.29 is 0 Å². The van der Waals surface area contributed by atoms with Crippen LogP contribution >= 0.6 is 23.2 Å². The summed E-state index contributed by atoms with van der Waals surface area (Å²) in [6.45, 7) is 20.3. The van der Waals surface area contributed by atoms with E-state index in [0.717, 1.165) is 96.1 Å². The third-order valence-corrected chi connectivity index (χ3v) is 7.09. The number of hydrogen-bond donors (Lipinski definition) is 1. The summed E-state index contributed by atoms with van der Waals surface area (Å²) >= 11 is 11.5. The summed E-state index contributed by atoms with van der Waals surface area (Å²) in [5.74, 6) is 3.60. The molecule has 2 saturated heterocycles. The molecule has 2 aliphatic heterocycles. The van der Waals surface area contributed by atoms with Crippen molar-refractivity contribution in [2.24, 2.45) is 0 Å². The monoisotopic (exact) mass is 552 g/mol. The molecule has 0 aromatic carbocycles. The number of hydrogen-bond acceptors (Lipinski definition) is 10. The average Bonchev–Trinajstić information content (AvgIpc) is 2.91. The van der Waals surface area contributed by atoms with Crippen LogP contribution in [0.25, 0.3) is 0 Å². The molecule has 37 heavy (non-hydrogen) atoms. The van der Waals surface area contributed by atoms with Crippen molar-refractivity contribution in [3.63, 3.8) is 0 Å². The van der Waals surface area contributed by atoms with Crippen LogP contribution in [0.15, 0.2) is 12.1 Å². The van der Waals surface area contributed by atoms with Crippen LogP contribution in [-0.4, -0.2) is 110 Å². The van der Waals surface area contributed by atoms with Gasteiger partial charge in [-0.15, -0.1) is 0 Å². The summed E-state index contributed by atoms with van der Waals surface area (Å²) in [5, 5.41) is 4.17. The fourth-order valence-corrected chi connectivity index (χ4v) is 4.75. The van der Waals surface area contributed by atoms with Gasteiger partial charge >= 0.3 is 0 Å². The smallest absolute Gasteiger partial charge is 0.229 e. The summed E-state index contributed by atoms with van der Waals surface area (Å²) in [5.41, 5.74) is 0. The SMILES string of the molecule is CCN(CC)c1nc(Cl)cc(Cl)n1.CCN(CC)c1nc(N2CCNCC2)cc(N2CCN(C)CC2)n1. The number of rotatable bonds is 8. The zero-order valence-corrected chi connectivity index (χ0v) is 24.4. The lowest BCUT2D eigenvalue weighted by atomic mass is 10.3. The van der Waals surface area contributed by atoms with Crippen LogP contribution in [0.3, 0.4) is 0 Å². The van der Waals surface area contributed by atoms with Crippen molar-refractivity contribution in [1.29, 1.82) is 0 Å². The second kappa shape index (κ2) is 14.7. The highest BCUT2D eigenvalue weighted by Crippen LogP contribution is 2.24. The Bertz CT molecular complexity index is 936. The van der Waals surface area contributed by atoms with Crippen molar-refractivity contribution in [1.82, 2.24) is 30.2 Å². The molecule has 10 nitrogen and oxygen atoms in total. The standard InChI is InChI=1S/C17H31N7.C8H11Cl2N3/c1-4-22(5-2)17-19-15(23-8-6-18-7-9-23)14-16(20-17)24-12-10-21(3)11-13-24;1-3-13(4-2)8-11-6(9)5-7(10)12-8/h14,18H,4-13H2,1-3H3;5H,3-4H2,1-2H3. The summed E-state index contributed by atoms with van der Waals surface area (Å²) in [7, 11) is 2.19. The maximum absolute atomic E-state index is 5.75. The Kier molecular flexibility index (Phi) is 11.7. The Morgan fingerprint density at radius 3 is 1.57 bits per heavy atom. The van der Waals surface area contributed by atoms with E-state index in [-0.39, 0.29) is 0 Å². The lowest BCUT2D eigenvalue weighted by molar-refractivity contribution is 0.312. The predicted molar refractivity (Wildman–Crippen MR) is 156 cm³/mol. The summed E-state index contributed by atoms with van der Waals surface area (Å²) < 4.78 is 0. The highest BCUT2D eigenvalue weighted by molar-refractivity contribution is 6.33. The van der Waals surface area contributed by atoms with E-state index in [0.29, 0.717) is 16.3 Å². The van der Waals surface area contributed by atoms with E-state index in [1.807, 2.05) is 18.7 Å². The lowest BCUT2D eigenvalue weighted by Gasteiger charge is -2.35. The molecule has 4 rings (SSSR count). The largest absolute Gasteiger partial charge is 0.354 e. The van der Waals surface area contributed by atoms with Gasteiger partial charge < -0.3 is 29.8 Å². The highest BCUT2D eigenvalue weighted by atomic mass is 35.5. The molecule has 206 valence electrons. The van der Waals surface area contributed by atoms with Crippen LogP contribution in [0.5, 0.6) is 0 Å². The molecule has 0 radical (unpaired) electrons. The normalized spacial score (nSPS) is 16.3. The lowest BCUT2D eigenvalue weighted by Crippen LogP contribution is -2.46. The molecule has 2 fully saturated rings. The number of nitrogens with one attached hydrogen (secondary N) is 1. The Labute approximate surface area is 232 Å². The van der Waals surface area contributed by atoms with Crippen molar-refractivity contribution in [3.8, 4) is 0 Å². The third kappa shape index (κ3) is 8.43. The topological polar surface area (TPSA) is 79.8 Å². The minimum Gasteiger partial charge on any atom is -0.354 e. The van der Waals surface area contributed by atoms with E-state index in [4.69, 9.17) is 33.2 Å². The van der Waals surface area contributed by atoms with Crippen LogP contribution in [0.1, 0.15) is 27.7 Å². The Morgan fingerprint density at radius 2 is 1.11 bits per heavy atom. The number of nitrogens with zero attached hydrogens (tertiary/aromatic N) is 9. The van der Waals surface area contributed by atoms with Gasteiger partial charge in [-0.3, -0.25) is 0 Å². The van der Waals surface area contributed by atoms with Gasteiger partial charge in [-0.1, -0.05) is 23.2 Å². The van der Waals surface area contributed by atoms with Gasteiger partial charge in [0.05, 0.1) is 0 Å². The van der Waals surface area contributed by atoms with Gasteiger partial charge in [-0.25, -0.2) is 9.97 Å². The second-order valence-electron chi connectivity index (χ2n) is 9.07. The molecule has 12 heteroatoms. The molecule has 0 spiro atoms. The Morgan fingerprint density at radius 1 is 0.676 bits per heavy atom. The molecule has 4 heterocycles. The molecule has 2 aliphatic rings. The zero-order chi connectivity index (χ0) is 26.8. The number of aromatic nitrogens is 4. The van der Waals surface area contributed by atoms with Crippen molar-refractivity contribution in [2.75, 3.05) is 105 Å². The van der Waals surface area contributed by atoms with E-state index in [2.05, 4.69) is 61.8 Å². The van der Waals surface area contributed by atoms with E-state index in [1.54, 1.807) is 0 Å². The first-order valence-electron chi connectivity index (χ1n) is 13.4. The molecule has 2 aromatic heterocycles. The predicted octanol–water partition coefficient (Wildman–Crippen LogP) is 3.11. The molecule has 0 saturated carbocycles. The number of piperazine rings is 2. The first kappa shape index (κ1) is 29.4. The molecule has 2 aromatic rings.